The number of methoxy groups -OCH3 is 2. The van der Waals surface area contributed by atoms with Gasteiger partial charge in [0.2, 0.25) is 5.91 Å². The van der Waals surface area contributed by atoms with Crippen LogP contribution >= 0.6 is 11.6 Å². The number of imide groups is 1. The molecule has 2 rings (SSSR count). The van der Waals surface area contributed by atoms with Crippen LogP contribution < -0.4 is 5.32 Å². The van der Waals surface area contributed by atoms with E-state index < -0.39 is 29.8 Å². The number of ether oxygens (including phenoxy) is 4. The topological polar surface area (TPSA) is 86.4 Å². The first kappa shape index (κ1) is 22.1. The van der Waals surface area contributed by atoms with Gasteiger partial charge in [-0.3, -0.25) is 10.1 Å². The van der Waals surface area contributed by atoms with Crippen LogP contribution in [0.1, 0.15) is 41.5 Å². The summed E-state index contributed by atoms with van der Waals surface area (Å²) in [6, 6.07) is 0. The first-order chi connectivity index (χ1) is 12.8. The normalized spacial score (nSPS) is 35.3. The summed E-state index contributed by atoms with van der Waals surface area (Å²) in [7, 11) is 3.26. The van der Waals surface area contributed by atoms with Gasteiger partial charge in [-0.1, -0.05) is 11.6 Å². The number of carbonyl (C=O) groups is 2. The number of hydrogen-bond donors (Lipinski definition) is 1. The lowest BCUT2D eigenvalue weighted by Gasteiger charge is -2.43. The van der Waals surface area contributed by atoms with Crippen molar-refractivity contribution in [3.8, 4) is 0 Å². The van der Waals surface area contributed by atoms with Crippen molar-refractivity contribution in [2.45, 2.75) is 70.1 Å². The molecule has 1 aliphatic heterocycles. The van der Waals surface area contributed by atoms with Crippen molar-refractivity contribution in [3.05, 3.63) is 11.6 Å². The molecule has 0 bridgehead atoms. The number of rotatable bonds is 7. The molecule has 8 heteroatoms. The van der Waals surface area contributed by atoms with E-state index in [1.54, 1.807) is 14.2 Å². The molecule has 0 aromatic carbocycles. The lowest BCUT2D eigenvalue weighted by molar-refractivity contribution is -0.142. The van der Waals surface area contributed by atoms with Crippen LogP contribution in [0.3, 0.4) is 0 Å². The van der Waals surface area contributed by atoms with E-state index in [9.17, 15) is 9.59 Å². The van der Waals surface area contributed by atoms with Crippen molar-refractivity contribution in [1.29, 1.82) is 0 Å². The zero-order chi connectivity index (χ0) is 20.2. The van der Waals surface area contributed by atoms with E-state index in [1.165, 1.54) is 5.57 Å². The highest BCUT2D eigenvalue weighted by Crippen LogP contribution is 2.51. The minimum absolute atomic E-state index is 0. The number of amides is 2. The fraction of sp³-hybridized carbons (Fsp3) is 0.789. The second-order valence-electron chi connectivity index (χ2n) is 7.51. The number of nitrogens with one attached hydrogen (secondary N) is 1. The third-order valence-electron chi connectivity index (χ3n) is 5.43. The number of allylic oxidation sites excluding steroid dienone is 1. The van der Waals surface area contributed by atoms with E-state index >= 15 is 0 Å². The van der Waals surface area contributed by atoms with Crippen LogP contribution in [0.2, 0.25) is 0 Å². The predicted octanol–water partition coefficient (Wildman–Crippen LogP) is 3.05. The maximum absolute atomic E-state index is 12.0. The fourth-order valence-corrected chi connectivity index (χ4v) is 4.07. The Bertz CT molecular complexity index is 585. The number of carbonyl (C=O) groups excluding carboxylic acids is 2. The monoisotopic (exact) mass is 405 g/mol. The minimum atomic E-state index is -0.815. The Hall–Kier alpha value is -1.15. The number of hydrogen-bond acceptors (Lipinski definition) is 6. The molecular weight excluding hydrogens is 374 g/mol. The van der Waals surface area contributed by atoms with Gasteiger partial charge in [0.15, 0.2) is 0 Å². The standard InChI is InChI=1S/C19H30ClNO6.H2/c1-11(2)6-9-14-19(3,27-14)16-12(24-4)7-8-13(17(16)25-5)26-18(23)21-15(22)10-20;/h6,12-14,16-17H,7-10H2,1-5H3,(H,21,22,23);1H/t12-,13-,14-,16?,17-,19+;/m1./s1. The van der Waals surface area contributed by atoms with Gasteiger partial charge in [-0.25, -0.2) is 4.79 Å². The maximum Gasteiger partial charge on any atom is 0.414 e. The van der Waals surface area contributed by atoms with Crippen LogP contribution in [0.25, 0.3) is 0 Å². The third-order valence-corrected chi connectivity index (χ3v) is 5.68. The fourth-order valence-electron chi connectivity index (χ4n) is 4.00. The SMILES string of the molecule is CO[C@@H]1CC[C@@H](OC(=O)NC(=O)CCl)[C@@H](OC)C1[C@@]1(C)O[C@@H]1CC=C(C)C.[HH]. The van der Waals surface area contributed by atoms with Gasteiger partial charge in [-0.2, -0.15) is 0 Å². The molecule has 1 aliphatic carbocycles. The molecule has 0 spiro atoms. The number of alkyl carbamates (subject to hydrolysis) is 1. The van der Waals surface area contributed by atoms with Gasteiger partial charge >= 0.3 is 6.09 Å². The molecule has 2 fully saturated rings. The van der Waals surface area contributed by atoms with Gasteiger partial charge in [0, 0.05) is 21.6 Å². The lowest BCUT2D eigenvalue weighted by Crippen LogP contribution is -2.55. The predicted molar refractivity (Wildman–Crippen MR) is 103 cm³/mol. The molecule has 7 nitrogen and oxygen atoms in total. The Morgan fingerprint density at radius 1 is 1.26 bits per heavy atom. The van der Waals surface area contributed by atoms with Crippen molar-refractivity contribution < 1.29 is 30.0 Å². The highest BCUT2D eigenvalue weighted by molar-refractivity contribution is 6.28. The Balaban J connectivity index is 0.00000392. The summed E-state index contributed by atoms with van der Waals surface area (Å²) < 4.78 is 23.0. The van der Waals surface area contributed by atoms with Crippen LogP contribution in [0, 0.1) is 5.92 Å². The molecule has 1 heterocycles. The Kier molecular flexibility index (Phi) is 7.68. The summed E-state index contributed by atoms with van der Waals surface area (Å²) in [6.45, 7) is 6.17. The Morgan fingerprint density at radius 2 is 1.93 bits per heavy atom. The summed E-state index contributed by atoms with van der Waals surface area (Å²) >= 11 is 5.41. The van der Waals surface area contributed by atoms with Gasteiger partial charge in [-0.15, -0.1) is 11.6 Å². The van der Waals surface area contributed by atoms with E-state index in [2.05, 4.69) is 32.2 Å². The van der Waals surface area contributed by atoms with Gasteiger partial charge in [0.05, 0.1) is 12.2 Å². The first-order valence-electron chi connectivity index (χ1n) is 9.20. The quantitative estimate of drug-likeness (QED) is 0.398. The number of alkyl halides is 1. The molecule has 6 atom stereocenters. The molecule has 156 valence electrons. The van der Waals surface area contributed by atoms with E-state index in [-0.39, 0.29) is 25.4 Å². The van der Waals surface area contributed by atoms with E-state index in [0.29, 0.717) is 12.8 Å². The molecule has 1 saturated carbocycles. The first-order valence-corrected chi connectivity index (χ1v) is 9.73. The average Bonchev–Trinajstić information content (AvgIpc) is 3.30. The van der Waals surface area contributed by atoms with Crippen LogP contribution in [-0.2, 0) is 23.7 Å². The second-order valence-corrected chi connectivity index (χ2v) is 7.78. The smallest absolute Gasteiger partial charge is 0.414 e. The Morgan fingerprint density at radius 3 is 2.48 bits per heavy atom. The molecule has 1 N–H and O–H groups in total. The zero-order valence-corrected chi connectivity index (χ0v) is 17.4. The summed E-state index contributed by atoms with van der Waals surface area (Å²) in [5, 5.41) is 2.10. The van der Waals surface area contributed by atoms with E-state index in [0.717, 1.165) is 6.42 Å². The molecule has 27 heavy (non-hydrogen) atoms. The molecule has 2 aliphatic rings. The van der Waals surface area contributed by atoms with Crippen molar-refractivity contribution in [1.82, 2.24) is 5.32 Å². The van der Waals surface area contributed by atoms with E-state index in [1.807, 2.05) is 0 Å². The zero-order valence-electron chi connectivity index (χ0n) is 16.6. The number of epoxide rings is 1. The molecule has 1 unspecified atom stereocenters. The van der Waals surface area contributed by atoms with Crippen molar-refractivity contribution in [2.24, 2.45) is 5.92 Å². The maximum atomic E-state index is 12.0. The van der Waals surface area contributed by atoms with Gasteiger partial charge < -0.3 is 18.9 Å². The molecule has 2 amide bonds. The number of halogens is 1. The summed E-state index contributed by atoms with van der Waals surface area (Å²) in [5.41, 5.74) is 0.822. The lowest BCUT2D eigenvalue weighted by atomic mass is 9.73. The van der Waals surface area contributed by atoms with Crippen LogP contribution in [0.4, 0.5) is 4.79 Å². The average molecular weight is 406 g/mol. The van der Waals surface area contributed by atoms with Crippen molar-refractivity contribution in [3.63, 3.8) is 0 Å². The minimum Gasteiger partial charge on any atom is -0.443 e. The molecular formula is C19H32ClNO6. The summed E-state index contributed by atoms with van der Waals surface area (Å²) in [6.07, 6.45) is 2.54. The van der Waals surface area contributed by atoms with Gasteiger partial charge in [0.25, 0.3) is 0 Å². The molecule has 1 saturated heterocycles. The Labute approximate surface area is 167 Å². The summed E-state index contributed by atoms with van der Waals surface area (Å²) in [5.74, 6) is -1.00. The molecule has 0 aromatic heterocycles. The van der Waals surface area contributed by atoms with Crippen LogP contribution in [0.5, 0.6) is 0 Å². The van der Waals surface area contributed by atoms with E-state index in [4.69, 9.17) is 30.5 Å². The second kappa shape index (κ2) is 9.37. The van der Waals surface area contributed by atoms with Crippen molar-refractivity contribution in [2.75, 3.05) is 20.1 Å². The van der Waals surface area contributed by atoms with Gasteiger partial charge in [-0.05, 0) is 40.0 Å². The molecule has 0 radical (unpaired) electrons. The van der Waals surface area contributed by atoms with Crippen LogP contribution in [-0.4, -0.2) is 62.1 Å². The van der Waals surface area contributed by atoms with Crippen LogP contribution in [0.15, 0.2) is 11.6 Å². The van der Waals surface area contributed by atoms with Gasteiger partial charge in [0.1, 0.15) is 23.7 Å². The highest BCUT2D eigenvalue weighted by Gasteiger charge is 2.63. The largest absolute Gasteiger partial charge is 0.443 e. The highest BCUT2D eigenvalue weighted by atomic mass is 35.5. The molecule has 0 aromatic rings. The third kappa shape index (κ3) is 5.22. The van der Waals surface area contributed by atoms with Crippen molar-refractivity contribution >= 4 is 23.6 Å². The summed E-state index contributed by atoms with van der Waals surface area (Å²) in [4.78, 5) is 23.3.